The van der Waals surface area contributed by atoms with Crippen molar-refractivity contribution in [3.05, 3.63) is 30.0 Å². The number of aromatic nitrogens is 1. The highest BCUT2D eigenvalue weighted by Crippen LogP contribution is 2.25. The van der Waals surface area contributed by atoms with E-state index in [9.17, 15) is 0 Å². The molecule has 0 spiro atoms. The molecule has 1 aromatic carbocycles. The maximum absolute atomic E-state index is 5.89. The first-order valence-electron chi connectivity index (χ1n) is 4.42. The molecule has 14 heavy (non-hydrogen) atoms. The Morgan fingerprint density at radius 3 is 2.93 bits per heavy atom. The largest absolute Gasteiger partial charge is 0.494 e. The molecule has 1 heterocycles. The van der Waals surface area contributed by atoms with Crippen LogP contribution in [0, 0.1) is 6.92 Å². The molecule has 2 radical (unpaired) electrons. The van der Waals surface area contributed by atoms with E-state index in [0.29, 0.717) is 0 Å². The smallest absolute Gasteiger partial charge is 0.147 e. The van der Waals surface area contributed by atoms with Gasteiger partial charge >= 0.3 is 0 Å². The molecule has 0 amide bonds. The quantitative estimate of drug-likeness (QED) is 0.622. The Morgan fingerprint density at radius 2 is 2.21 bits per heavy atom. The van der Waals surface area contributed by atoms with Crippen LogP contribution in [-0.4, -0.2) is 19.9 Å². The van der Waals surface area contributed by atoms with E-state index in [-0.39, 0.29) is 0 Å². The van der Waals surface area contributed by atoms with Gasteiger partial charge in [-0.3, -0.25) is 4.98 Å². The number of methoxy groups -OCH3 is 1. The van der Waals surface area contributed by atoms with Crippen molar-refractivity contribution in [2.24, 2.45) is 0 Å². The molecule has 1 aromatic heterocycles. The van der Waals surface area contributed by atoms with Crippen LogP contribution in [0.25, 0.3) is 10.9 Å². The van der Waals surface area contributed by atoms with Gasteiger partial charge in [-0.15, -0.1) is 0 Å². The van der Waals surface area contributed by atoms with Crippen molar-refractivity contribution in [2.45, 2.75) is 6.92 Å². The average Bonchev–Trinajstić information content (AvgIpc) is 2.18. The molecule has 2 nitrogen and oxygen atoms in total. The summed E-state index contributed by atoms with van der Waals surface area (Å²) in [5.41, 5.74) is 2.58. The van der Waals surface area contributed by atoms with Crippen LogP contribution in [0.15, 0.2) is 24.4 Å². The van der Waals surface area contributed by atoms with Gasteiger partial charge in [0, 0.05) is 6.20 Å². The number of ether oxygens (including phenoxy) is 1. The third-order valence-corrected chi connectivity index (χ3v) is 2.27. The van der Waals surface area contributed by atoms with Crippen molar-refractivity contribution >= 4 is 24.2 Å². The fourth-order valence-corrected chi connectivity index (χ4v) is 1.64. The highest BCUT2D eigenvalue weighted by atomic mass is 16.5. The molecular weight excluding hydrogens is 173 g/mol. The molecule has 68 valence electrons. The summed E-state index contributed by atoms with van der Waals surface area (Å²) >= 11 is 0. The fourth-order valence-electron chi connectivity index (χ4n) is 1.64. The van der Waals surface area contributed by atoms with E-state index in [1.54, 1.807) is 13.3 Å². The second kappa shape index (κ2) is 3.33. The van der Waals surface area contributed by atoms with Crippen molar-refractivity contribution in [3.63, 3.8) is 0 Å². The van der Waals surface area contributed by atoms with Crippen LogP contribution in [-0.2, 0) is 0 Å². The molecule has 0 saturated heterocycles. The lowest BCUT2D eigenvalue weighted by Gasteiger charge is -2.10. The second-order valence-corrected chi connectivity index (χ2v) is 3.22. The van der Waals surface area contributed by atoms with Gasteiger partial charge in [0.25, 0.3) is 0 Å². The summed E-state index contributed by atoms with van der Waals surface area (Å²) in [4.78, 5) is 4.27. The number of fused-ring (bicyclic) bond motifs is 1. The monoisotopic (exact) mass is 183 g/mol. The molecule has 0 aliphatic rings. The summed E-state index contributed by atoms with van der Waals surface area (Å²) in [6, 6.07) is 5.72. The van der Waals surface area contributed by atoms with Crippen LogP contribution < -0.4 is 10.2 Å². The Kier molecular flexibility index (Phi) is 2.16. The Hall–Kier alpha value is -1.51. The first kappa shape index (κ1) is 9.07. The third-order valence-electron chi connectivity index (χ3n) is 2.27. The van der Waals surface area contributed by atoms with Gasteiger partial charge < -0.3 is 4.74 Å². The van der Waals surface area contributed by atoms with Crippen LogP contribution in [0.3, 0.4) is 0 Å². The number of benzene rings is 1. The summed E-state index contributed by atoms with van der Waals surface area (Å²) in [6.07, 6.45) is 1.74. The van der Waals surface area contributed by atoms with Gasteiger partial charge in [-0.2, -0.15) is 0 Å². The third kappa shape index (κ3) is 1.25. The molecule has 0 N–H and O–H groups in total. The minimum Gasteiger partial charge on any atom is -0.494 e. The van der Waals surface area contributed by atoms with Crippen LogP contribution in [0.4, 0.5) is 0 Å². The first-order chi connectivity index (χ1) is 6.74. The zero-order valence-electron chi connectivity index (χ0n) is 8.24. The lowest BCUT2D eigenvalue weighted by molar-refractivity contribution is 0.416. The second-order valence-electron chi connectivity index (χ2n) is 3.22. The van der Waals surface area contributed by atoms with Gasteiger partial charge in [0.1, 0.15) is 19.1 Å². The Morgan fingerprint density at radius 1 is 1.43 bits per heavy atom. The summed E-state index contributed by atoms with van der Waals surface area (Å²) in [6.45, 7) is 1.96. The first-order valence-corrected chi connectivity index (χ1v) is 4.42. The number of hydrogen-bond acceptors (Lipinski definition) is 2. The zero-order valence-corrected chi connectivity index (χ0v) is 8.24. The molecule has 0 aliphatic carbocycles. The lowest BCUT2D eigenvalue weighted by atomic mass is 9.89. The van der Waals surface area contributed by atoms with E-state index < -0.39 is 0 Å². The molecule has 3 heteroatoms. The minimum atomic E-state index is 0.742. The summed E-state index contributed by atoms with van der Waals surface area (Å²) in [5, 5.41) is 0.940. The molecule has 0 atom stereocenters. The lowest BCUT2D eigenvalue weighted by Crippen LogP contribution is -2.07. The van der Waals surface area contributed by atoms with E-state index in [0.717, 1.165) is 27.7 Å². The predicted molar refractivity (Wildman–Crippen MR) is 58.4 cm³/mol. The molecule has 2 aromatic rings. The van der Waals surface area contributed by atoms with Gasteiger partial charge in [-0.1, -0.05) is 17.6 Å². The summed E-state index contributed by atoms with van der Waals surface area (Å²) in [5.74, 6) is 0.801. The molecule has 0 fully saturated rings. The SMILES string of the molecule is [B]c1cc(C)c(OC)c2ncccc12. The van der Waals surface area contributed by atoms with Gasteiger partial charge in [0.05, 0.1) is 7.11 Å². The molecule has 2 rings (SSSR count). The van der Waals surface area contributed by atoms with E-state index in [4.69, 9.17) is 12.6 Å². The van der Waals surface area contributed by atoms with Crippen molar-refractivity contribution in [1.82, 2.24) is 4.98 Å². The van der Waals surface area contributed by atoms with Crippen LogP contribution in [0.1, 0.15) is 5.56 Å². The summed E-state index contributed by atoms with van der Waals surface area (Å²) < 4.78 is 5.30. The van der Waals surface area contributed by atoms with E-state index >= 15 is 0 Å². The van der Waals surface area contributed by atoms with Crippen molar-refractivity contribution in [2.75, 3.05) is 7.11 Å². The number of rotatable bonds is 1. The fraction of sp³-hybridized carbons (Fsp3) is 0.182. The van der Waals surface area contributed by atoms with Gasteiger partial charge in [-0.25, -0.2) is 0 Å². The molecule has 0 bridgehead atoms. The van der Waals surface area contributed by atoms with Gasteiger partial charge in [0.15, 0.2) is 0 Å². The Balaban J connectivity index is 2.90. The maximum Gasteiger partial charge on any atom is 0.147 e. The number of aryl methyl sites for hydroxylation is 1. The van der Waals surface area contributed by atoms with Crippen LogP contribution in [0.5, 0.6) is 5.75 Å². The minimum absolute atomic E-state index is 0.742. The Labute approximate surface area is 84.3 Å². The normalized spacial score (nSPS) is 10.4. The van der Waals surface area contributed by atoms with E-state index in [1.165, 1.54) is 0 Å². The molecule has 0 aliphatic heterocycles. The summed E-state index contributed by atoms with van der Waals surface area (Å²) in [7, 11) is 7.53. The molecule has 0 saturated carbocycles. The van der Waals surface area contributed by atoms with Crippen molar-refractivity contribution in [1.29, 1.82) is 0 Å². The number of nitrogens with zero attached hydrogens (tertiary/aromatic N) is 1. The highest BCUT2D eigenvalue weighted by Gasteiger charge is 2.07. The van der Waals surface area contributed by atoms with Crippen molar-refractivity contribution < 1.29 is 4.74 Å². The number of pyridine rings is 1. The van der Waals surface area contributed by atoms with E-state index in [1.807, 2.05) is 25.1 Å². The maximum atomic E-state index is 5.89. The highest BCUT2D eigenvalue weighted by molar-refractivity contribution is 6.39. The zero-order chi connectivity index (χ0) is 10.1. The topological polar surface area (TPSA) is 22.1 Å². The van der Waals surface area contributed by atoms with Crippen molar-refractivity contribution in [3.8, 4) is 5.75 Å². The standard InChI is InChI=1S/C11H10BNO/c1-7-6-9(12)8-4-3-5-13-10(8)11(7)14-2/h3-6H,1-2H3. The van der Waals surface area contributed by atoms with Crippen LogP contribution in [0.2, 0.25) is 0 Å². The predicted octanol–water partition coefficient (Wildman–Crippen LogP) is 1.35. The van der Waals surface area contributed by atoms with Crippen LogP contribution >= 0.6 is 0 Å². The molecular formula is C11H10BNO. The molecule has 0 unspecified atom stereocenters. The van der Waals surface area contributed by atoms with Gasteiger partial charge in [0.2, 0.25) is 0 Å². The Bertz CT molecular complexity index is 482. The average molecular weight is 183 g/mol. The van der Waals surface area contributed by atoms with Gasteiger partial charge in [-0.05, 0) is 23.9 Å². The number of hydrogen-bond donors (Lipinski definition) is 0. The van der Waals surface area contributed by atoms with E-state index in [2.05, 4.69) is 4.98 Å².